The summed E-state index contributed by atoms with van der Waals surface area (Å²) in [5.41, 5.74) is 5.18. The molecule has 5 aromatic rings. The smallest absolute Gasteiger partial charge is 0.335 e. The van der Waals surface area contributed by atoms with Crippen molar-refractivity contribution >= 4 is 40.5 Å². The minimum Gasteiger partial charge on any atom is -0.478 e. The number of nitrogens with two attached hydrogens (primary N) is 1. The first-order chi connectivity index (χ1) is 20.0. The number of anilines is 3. The summed E-state index contributed by atoms with van der Waals surface area (Å²) in [5.74, 6) is -2.31. The summed E-state index contributed by atoms with van der Waals surface area (Å²) in [5, 5.41) is 19.8. The van der Waals surface area contributed by atoms with Crippen molar-refractivity contribution in [3.05, 3.63) is 120 Å². The number of carboxylic acids is 1. The molecule has 0 saturated heterocycles. The van der Waals surface area contributed by atoms with Gasteiger partial charge in [0.25, 0.3) is 28.2 Å². The maximum atomic E-state index is 13.2. The lowest BCUT2D eigenvalue weighted by molar-refractivity contribution is 0.0696. The Labute approximate surface area is 235 Å². The number of carbonyl (C=O) groups excluding carboxylic acids is 2. The van der Waals surface area contributed by atoms with Gasteiger partial charge in [0.1, 0.15) is 22.8 Å². The van der Waals surface area contributed by atoms with E-state index in [-0.39, 0.29) is 40.5 Å². The van der Waals surface area contributed by atoms with E-state index in [2.05, 4.69) is 26.0 Å². The number of H-pyrrole nitrogens is 1. The third kappa shape index (κ3) is 5.36. The van der Waals surface area contributed by atoms with Crippen molar-refractivity contribution in [3.63, 3.8) is 0 Å². The summed E-state index contributed by atoms with van der Waals surface area (Å²) in [6.45, 7) is 1.74. The highest BCUT2D eigenvalue weighted by atomic mass is 16.4. The first kappa shape index (κ1) is 27.5. The fourth-order valence-corrected chi connectivity index (χ4v) is 4.26. The van der Waals surface area contributed by atoms with Crippen LogP contribution in [0.15, 0.2) is 75.0 Å². The number of rotatable bonds is 9. The van der Waals surface area contributed by atoms with Gasteiger partial charge in [0.2, 0.25) is 0 Å². The predicted molar refractivity (Wildman–Crippen MR) is 152 cm³/mol. The molecule has 42 heavy (non-hydrogen) atoms. The van der Waals surface area contributed by atoms with Gasteiger partial charge >= 0.3 is 5.97 Å². The SMILES string of the molecule is C[C@H](NC(=O)c1cc(C(=O)NCc2cccc(Nc3c(N)c(=O)c3=O)c2)n2[nH]c(=O)cc2n1)c1ccc(C(=O)O)cc1. The van der Waals surface area contributed by atoms with Crippen molar-refractivity contribution in [3.8, 4) is 0 Å². The van der Waals surface area contributed by atoms with Crippen LogP contribution in [0.5, 0.6) is 0 Å². The van der Waals surface area contributed by atoms with Crippen LogP contribution in [0.1, 0.15) is 55.4 Å². The lowest BCUT2D eigenvalue weighted by atomic mass is 10.1. The number of carbonyl (C=O) groups is 3. The molecule has 3 aromatic carbocycles. The van der Waals surface area contributed by atoms with Gasteiger partial charge in [0.05, 0.1) is 11.6 Å². The Bertz CT molecular complexity index is 2000. The molecule has 0 aliphatic heterocycles. The number of carboxylic acid groups (broad SMARTS) is 1. The zero-order valence-corrected chi connectivity index (χ0v) is 21.9. The van der Waals surface area contributed by atoms with E-state index in [9.17, 15) is 28.8 Å². The second-order valence-corrected chi connectivity index (χ2v) is 9.42. The Balaban J connectivity index is 1.33. The van der Waals surface area contributed by atoms with Crippen LogP contribution < -0.4 is 38.1 Å². The third-order valence-corrected chi connectivity index (χ3v) is 6.53. The monoisotopic (exact) mass is 569 g/mol. The maximum absolute atomic E-state index is 13.2. The number of fused-ring (bicyclic) bond motifs is 1. The lowest BCUT2D eigenvalue weighted by Gasteiger charge is -2.15. The molecular formula is C28H23N7O7. The summed E-state index contributed by atoms with van der Waals surface area (Å²) < 4.78 is 1.16. The van der Waals surface area contributed by atoms with Gasteiger partial charge in [0, 0.05) is 24.4 Å². The van der Waals surface area contributed by atoms with Crippen LogP contribution >= 0.6 is 0 Å². The average molecular weight is 570 g/mol. The normalized spacial score (nSPS) is 11.7. The molecule has 0 aliphatic carbocycles. The van der Waals surface area contributed by atoms with E-state index in [0.717, 1.165) is 10.6 Å². The summed E-state index contributed by atoms with van der Waals surface area (Å²) in [6, 6.07) is 14.6. The molecule has 0 fully saturated rings. The topological polar surface area (TPSA) is 218 Å². The first-order valence-corrected chi connectivity index (χ1v) is 12.5. The number of nitrogens with one attached hydrogen (secondary N) is 4. The van der Waals surface area contributed by atoms with Crippen LogP contribution in [0.4, 0.5) is 17.1 Å². The largest absolute Gasteiger partial charge is 0.478 e. The van der Waals surface area contributed by atoms with E-state index in [0.29, 0.717) is 16.8 Å². The standard InChI is InChI=1S/C28H23N7O7/c1-13(15-5-7-16(8-6-15)28(41)42)31-26(39)18-10-19(35-20(33-18)11-21(36)34-35)27(40)30-12-14-3-2-4-17(9-14)32-23-22(29)24(37)25(23)38/h2-11,13,32H,12,29H2,1H3,(H,30,40)(H,31,39)(H,34,36)(H,41,42)/t13-/m0/s1. The number of hydrogen-bond acceptors (Lipinski definition) is 9. The number of nitrogens with zero attached hydrogens (tertiary/aromatic N) is 2. The number of hydrogen-bond donors (Lipinski definition) is 6. The van der Waals surface area contributed by atoms with Crippen LogP contribution in [0.2, 0.25) is 0 Å². The maximum Gasteiger partial charge on any atom is 0.335 e. The van der Waals surface area contributed by atoms with Gasteiger partial charge in [-0.3, -0.25) is 29.1 Å². The highest BCUT2D eigenvalue weighted by molar-refractivity contribution is 5.98. The third-order valence-electron chi connectivity index (χ3n) is 6.53. The van der Waals surface area contributed by atoms with Crippen molar-refractivity contribution in [2.45, 2.75) is 19.5 Å². The van der Waals surface area contributed by atoms with E-state index >= 15 is 0 Å². The second-order valence-electron chi connectivity index (χ2n) is 9.42. The van der Waals surface area contributed by atoms with Crippen molar-refractivity contribution < 1.29 is 19.5 Å². The molecule has 0 spiro atoms. The van der Waals surface area contributed by atoms with E-state index in [1.807, 2.05) is 0 Å². The second kappa shape index (κ2) is 10.8. The average Bonchev–Trinajstić information content (AvgIpc) is 3.37. The summed E-state index contributed by atoms with van der Waals surface area (Å²) in [7, 11) is 0. The molecule has 7 N–H and O–H groups in total. The zero-order valence-electron chi connectivity index (χ0n) is 21.9. The molecule has 0 saturated carbocycles. The Morgan fingerprint density at radius 2 is 1.74 bits per heavy atom. The summed E-state index contributed by atoms with van der Waals surface area (Å²) >= 11 is 0. The van der Waals surface area contributed by atoms with Crippen molar-refractivity contribution in [2.75, 3.05) is 11.1 Å². The molecule has 0 bridgehead atoms. The minimum absolute atomic E-state index is 0.00863. The highest BCUT2D eigenvalue weighted by Crippen LogP contribution is 2.19. The molecule has 2 heterocycles. The van der Waals surface area contributed by atoms with Crippen molar-refractivity contribution in [1.29, 1.82) is 0 Å². The number of aromatic carboxylic acids is 1. The van der Waals surface area contributed by atoms with Crippen LogP contribution in [-0.4, -0.2) is 37.5 Å². The molecule has 14 nitrogen and oxygen atoms in total. The number of amides is 2. The van der Waals surface area contributed by atoms with E-state index in [4.69, 9.17) is 10.8 Å². The van der Waals surface area contributed by atoms with Crippen LogP contribution in [0.3, 0.4) is 0 Å². The summed E-state index contributed by atoms with van der Waals surface area (Å²) in [6.07, 6.45) is 0. The number of nitrogen functional groups attached to an aromatic ring is 1. The van der Waals surface area contributed by atoms with Gasteiger partial charge in [-0.2, -0.15) is 0 Å². The Morgan fingerprint density at radius 1 is 1.00 bits per heavy atom. The quantitative estimate of drug-likeness (QED) is 0.139. The van der Waals surface area contributed by atoms with E-state index < -0.39 is 40.2 Å². The van der Waals surface area contributed by atoms with Crippen LogP contribution in [0, 0.1) is 0 Å². The predicted octanol–water partition coefficient (Wildman–Crippen LogP) is 1.06. The molecular weight excluding hydrogens is 546 g/mol. The van der Waals surface area contributed by atoms with Gasteiger partial charge in [-0.25, -0.2) is 14.3 Å². The summed E-state index contributed by atoms with van der Waals surface area (Å²) in [4.78, 5) is 76.7. The Kier molecular flexibility index (Phi) is 7.10. The molecule has 1 atom stereocenters. The van der Waals surface area contributed by atoms with Gasteiger partial charge in [-0.1, -0.05) is 24.3 Å². The molecule has 212 valence electrons. The minimum atomic E-state index is -1.07. The molecule has 0 aliphatic rings. The lowest BCUT2D eigenvalue weighted by Crippen LogP contribution is -2.36. The highest BCUT2D eigenvalue weighted by Gasteiger charge is 2.20. The van der Waals surface area contributed by atoms with Crippen LogP contribution in [-0.2, 0) is 6.54 Å². The van der Waals surface area contributed by atoms with Gasteiger partial charge in [0.15, 0.2) is 5.65 Å². The van der Waals surface area contributed by atoms with Crippen molar-refractivity contribution in [1.82, 2.24) is 25.2 Å². The molecule has 5 rings (SSSR count). The Hall–Kier alpha value is -6.05. The van der Waals surface area contributed by atoms with E-state index in [1.165, 1.54) is 18.2 Å². The molecule has 0 unspecified atom stereocenters. The van der Waals surface area contributed by atoms with Crippen LogP contribution in [0.25, 0.3) is 5.65 Å². The number of aromatic amines is 1. The molecule has 14 heteroatoms. The number of aromatic nitrogens is 3. The molecule has 0 radical (unpaired) electrons. The first-order valence-electron chi connectivity index (χ1n) is 12.5. The zero-order chi connectivity index (χ0) is 30.1. The van der Waals surface area contributed by atoms with Crippen molar-refractivity contribution in [2.24, 2.45) is 0 Å². The van der Waals surface area contributed by atoms with Gasteiger partial charge in [-0.05, 0) is 42.3 Å². The Morgan fingerprint density at radius 3 is 2.43 bits per heavy atom. The van der Waals surface area contributed by atoms with Gasteiger partial charge in [-0.15, -0.1) is 0 Å². The van der Waals surface area contributed by atoms with Gasteiger partial charge < -0.3 is 26.8 Å². The van der Waals surface area contributed by atoms with E-state index in [1.54, 1.807) is 43.3 Å². The fourth-order valence-electron chi connectivity index (χ4n) is 4.26. The molecule has 2 aromatic heterocycles. The number of benzene rings is 2. The fraction of sp³-hybridized carbons (Fsp3) is 0.107. The molecule has 2 amide bonds.